The van der Waals surface area contributed by atoms with Gasteiger partial charge >= 0.3 is 5.97 Å². The van der Waals surface area contributed by atoms with Gasteiger partial charge in [-0.25, -0.2) is 4.79 Å². The Morgan fingerprint density at radius 2 is 2.38 bits per heavy atom. The smallest absolute Gasteiger partial charge is 0.372 e. The molecular weight excluding hydrogens is 206 g/mol. The molecule has 1 aliphatic rings. The summed E-state index contributed by atoms with van der Waals surface area (Å²) in [6, 6.07) is 1.71. The van der Waals surface area contributed by atoms with Gasteiger partial charge in [0, 0.05) is 18.7 Å². The summed E-state index contributed by atoms with van der Waals surface area (Å²) < 4.78 is 4.91. The van der Waals surface area contributed by atoms with E-state index < -0.39 is 5.97 Å². The fourth-order valence-corrected chi connectivity index (χ4v) is 1.96. The van der Waals surface area contributed by atoms with Gasteiger partial charge in [-0.2, -0.15) is 0 Å². The number of carbonyl (C=O) groups is 1. The third-order valence-electron chi connectivity index (χ3n) is 3.46. The van der Waals surface area contributed by atoms with Crippen molar-refractivity contribution in [3.8, 4) is 0 Å². The molecule has 0 amide bonds. The molecule has 0 bridgehead atoms. The molecular formula is C12H17NO3. The Bertz CT molecular complexity index is 379. The van der Waals surface area contributed by atoms with Crippen molar-refractivity contribution in [3.63, 3.8) is 0 Å². The summed E-state index contributed by atoms with van der Waals surface area (Å²) in [6.45, 7) is 3.74. The molecule has 0 unspecified atom stereocenters. The van der Waals surface area contributed by atoms with E-state index in [0.29, 0.717) is 12.0 Å². The van der Waals surface area contributed by atoms with Crippen LogP contribution in [0.15, 0.2) is 16.7 Å². The largest absolute Gasteiger partial charge is 0.475 e. The Morgan fingerprint density at radius 1 is 1.62 bits per heavy atom. The molecule has 0 saturated heterocycles. The summed E-state index contributed by atoms with van der Waals surface area (Å²) in [4.78, 5) is 10.8. The van der Waals surface area contributed by atoms with E-state index in [0.717, 1.165) is 12.1 Å². The zero-order valence-electron chi connectivity index (χ0n) is 9.45. The van der Waals surface area contributed by atoms with Gasteiger partial charge in [0.25, 0.3) is 0 Å². The van der Waals surface area contributed by atoms with Crippen LogP contribution in [-0.4, -0.2) is 17.6 Å². The summed E-state index contributed by atoms with van der Waals surface area (Å²) >= 11 is 0. The standard InChI is InChI=1S/C12H17NO3/c1-2-12(4-5-12)8-13-7-9-3-6-16-10(9)11(14)15/h3,6,13H,2,4-5,7-8H2,1H3,(H,14,15). The maximum absolute atomic E-state index is 10.8. The van der Waals surface area contributed by atoms with Crippen LogP contribution in [0.5, 0.6) is 0 Å². The fourth-order valence-electron chi connectivity index (χ4n) is 1.96. The molecule has 88 valence electrons. The van der Waals surface area contributed by atoms with Crippen LogP contribution in [0, 0.1) is 5.41 Å². The van der Waals surface area contributed by atoms with Crippen LogP contribution >= 0.6 is 0 Å². The van der Waals surface area contributed by atoms with Crippen molar-refractivity contribution in [2.75, 3.05) is 6.54 Å². The Morgan fingerprint density at radius 3 is 2.94 bits per heavy atom. The first-order valence-electron chi connectivity index (χ1n) is 5.67. The maximum atomic E-state index is 10.8. The lowest BCUT2D eigenvalue weighted by molar-refractivity contribution is 0.0660. The molecule has 4 nitrogen and oxygen atoms in total. The summed E-state index contributed by atoms with van der Waals surface area (Å²) in [5, 5.41) is 12.2. The number of furan rings is 1. The molecule has 2 N–H and O–H groups in total. The summed E-state index contributed by atoms with van der Waals surface area (Å²) in [7, 11) is 0. The van der Waals surface area contributed by atoms with Gasteiger partial charge in [-0.05, 0) is 30.7 Å². The highest BCUT2D eigenvalue weighted by molar-refractivity contribution is 5.86. The van der Waals surface area contributed by atoms with Gasteiger partial charge < -0.3 is 14.8 Å². The second kappa shape index (κ2) is 4.29. The van der Waals surface area contributed by atoms with Crippen molar-refractivity contribution in [2.45, 2.75) is 32.7 Å². The average Bonchev–Trinajstić information content (AvgIpc) is 2.88. The van der Waals surface area contributed by atoms with E-state index in [1.807, 2.05) is 0 Å². The molecule has 0 atom stereocenters. The van der Waals surface area contributed by atoms with Crippen molar-refractivity contribution in [1.82, 2.24) is 5.32 Å². The third kappa shape index (κ3) is 2.27. The van der Waals surface area contributed by atoms with Gasteiger partial charge in [0.15, 0.2) is 0 Å². The Kier molecular flexibility index (Phi) is 3.01. The van der Waals surface area contributed by atoms with Crippen molar-refractivity contribution in [1.29, 1.82) is 0 Å². The van der Waals surface area contributed by atoms with Crippen molar-refractivity contribution >= 4 is 5.97 Å². The highest BCUT2D eigenvalue weighted by Crippen LogP contribution is 2.47. The van der Waals surface area contributed by atoms with Gasteiger partial charge in [0.05, 0.1) is 6.26 Å². The molecule has 4 heteroatoms. The lowest BCUT2D eigenvalue weighted by atomic mass is 10.0. The molecule has 1 heterocycles. The zero-order chi connectivity index (χ0) is 11.6. The Labute approximate surface area is 94.6 Å². The monoisotopic (exact) mass is 223 g/mol. The van der Waals surface area contributed by atoms with E-state index >= 15 is 0 Å². The average molecular weight is 223 g/mol. The molecule has 16 heavy (non-hydrogen) atoms. The zero-order valence-corrected chi connectivity index (χ0v) is 9.45. The van der Waals surface area contributed by atoms with E-state index in [4.69, 9.17) is 9.52 Å². The molecule has 0 aromatic carbocycles. The highest BCUT2D eigenvalue weighted by atomic mass is 16.4. The first-order chi connectivity index (χ1) is 7.67. The molecule has 0 spiro atoms. The van der Waals surface area contributed by atoms with E-state index in [1.165, 1.54) is 25.5 Å². The maximum Gasteiger partial charge on any atom is 0.372 e. The minimum atomic E-state index is -1.00. The third-order valence-corrected chi connectivity index (χ3v) is 3.46. The molecule has 2 rings (SSSR count). The molecule has 1 fully saturated rings. The van der Waals surface area contributed by atoms with Crippen LogP contribution in [0.25, 0.3) is 0 Å². The van der Waals surface area contributed by atoms with Crippen molar-refractivity contribution < 1.29 is 14.3 Å². The van der Waals surface area contributed by atoms with E-state index in [1.54, 1.807) is 6.07 Å². The van der Waals surface area contributed by atoms with Crippen LogP contribution in [0.4, 0.5) is 0 Å². The molecule has 1 aromatic rings. The van der Waals surface area contributed by atoms with Gasteiger partial charge in [-0.3, -0.25) is 0 Å². The first-order valence-corrected chi connectivity index (χ1v) is 5.67. The second-order valence-electron chi connectivity index (χ2n) is 4.54. The second-order valence-corrected chi connectivity index (χ2v) is 4.54. The van der Waals surface area contributed by atoms with Crippen LogP contribution in [0.2, 0.25) is 0 Å². The number of hydrogen-bond acceptors (Lipinski definition) is 3. The predicted molar refractivity (Wildman–Crippen MR) is 59.3 cm³/mol. The number of rotatable bonds is 6. The van der Waals surface area contributed by atoms with E-state index in [9.17, 15) is 4.79 Å². The lowest BCUT2D eigenvalue weighted by Crippen LogP contribution is -2.23. The minimum absolute atomic E-state index is 0.0499. The van der Waals surface area contributed by atoms with Crippen molar-refractivity contribution in [3.05, 3.63) is 23.7 Å². The molecule has 0 radical (unpaired) electrons. The predicted octanol–water partition coefficient (Wildman–Crippen LogP) is 2.26. The van der Waals surface area contributed by atoms with Gasteiger partial charge in [0.1, 0.15) is 0 Å². The van der Waals surface area contributed by atoms with E-state index in [-0.39, 0.29) is 5.76 Å². The Hall–Kier alpha value is -1.29. The minimum Gasteiger partial charge on any atom is -0.475 e. The molecule has 1 aliphatic carbocycles. The summed E-state index contributed by atoms with van der Waals surface area (Å²) in [5.41, 5.74) is 1.20. The van der Waals surface area contributed by atoms with Gasteiger partial charge in [0.2, 0.25) is 5.76 Å². The van der Waals surface area contributed by atoms with Gasteiger partial charge in [-0.1, -0.05) is 6.92 Å². The number of carboxylic acids is 1. The highest BCUT2D eigenvalue weighted by Gasteiger charge is 2.39. The van der Waals surface area contributed by atoms with Crippen LogP contribution in [0.3, 0.4) is 0 Å². The van der Waals surface area contributed by atoms with Crippen LogP contribution in [-0.2, 0) is 6.54 Å². The van der Waals surface area contributed by atoms with Crippen LogP contribution < -0.4 is 5.32 Å². The van der Waals surface area contributed by atoms with E-state index in [2.05, 4.69) is 12.2 Å². The Balaban J connectivity index is 1.85. The summed E-state index contributed by atoms with van der Waals surface area (Å²) in [6.07, 6.45) is 5.19. The fraction of sp³-hybridized carbons (Fsp3) is 0.583. The van der Waals surface area contributed by atoms with Crippen LogP contribution in [0.1, 0.15) is 42.3 Å². The molecule has 0 aliphatic heterocycles. The first kappa shape index (κ1) is 11.2. The number of hydrogen-bond donors (Lipinski definition) is 2. The topological polar surface area (TPSA) is 62.5 Å². The lowest BCUT2D eigenvalue weighted by Gasteiger charge is -2.12. The van der Waals surface area contributed by atoms with Gasteiger partial charge in [-0.15, -0.1) is 0 Å². The number of aromatic carboxylic acids is 1. The number of nitrogens with one attached hydrogen (secondary N) is 1. The molecule has 1 aromatic heterocycles. The summed E-state index contributed by atoms with van der Waals surface area (Å²) in [5.74, 6) is -0.952. The molecule has 1 saturated carbocycles. The van der Waals surface area contributed by atoms with Crippen molar-refractivity contribution in [2.24, 2.45) is 5.41 Å². The SMILES string of the molecule is CCC1(CNCc2ccoc2C(=O)O)CC1. The quantitative estimate of drug-likeness (QED) is 0.776. The number of carboxylic acid groups (broad SMARTS) is 1. The normalized spacial score (nSPS) is 17.3.